The summed E-state index contributed by atoms with van der Waals surface area (Å²) in [6, 6.07) is 7.04. The Morgan fingerprint density at radius 1 is 1.50 bits per heavy atom. The Hall–Kier alpha value is -0.580. The summed E-state index contributed by atoms with van der Waals surface area (Å²) in [5.41, 5.74) is 2.59. The summed E-state index contributed by atoms with van der Waals surface area (Å²) in [6.45, 7) is 7.75. The summed E-state index contributed by atoms with van der Waals surface area (Å²) in [5.74, 6) is 0.632. The summed E-state index contributed by atoms with van der Waals surface area (Å²) in [4.78, 5) is 2.42. The lowest BCUT2D eigenvalue weighted by atomic mass is 10.1. The van der Waals surface area contributed by atoms with Crippen LogP contribution in [0.5, 0.6) is 0 Å². The molecule has 1 fully saturated rings. The van der Waals surface area contributed by atoms with Crippen LogP contribution in [0.3, 0.4) is 0 Å². The van der Waals surface area contributed by atoms with Gasteiger partial charge in [0.05, 0.1) is 5.69 Å². The Kier molecular flexibility index (Phi) is 5.87. The molecular formula is C16H25BrN2O. The van der Waals surface area contributed by atoms with Gasteiger partial charge in [0.25, 0.3) is 0 Å². The van der Waals surface area contributed by atoms with Crippen LogP contribution < -0.4 is 10.2 Å². The molecule has 0 aromatic heterocycles. The van der Waals surface area contributed by atoms with Crippen LogP contribution in [0.4, 0.5) is 5.69 Å². The van der Waals surface area contributed by atoms with Crippen LogP contribution >= 0.6 is 15.9 Å². The molecule has 0 radical (unpaired) electrons. The number of hydrogen-bond acceptors (Lipinski definition) is 3. The maximum atomic E-state index is 9.05. The number of halogens is 1. The van der Waals surface area contributed by atoms with Gasteiger partial charge in [0.2, 0.25) is 0 Å². The van der Waals surface area contributed by atoms with Crippen molar-refractivity contribution < 1.29 is 5.11 Å². The van der Waals surface area contributed by atoms with Crippen molar-refractivity contribution in [3.8, 4) is 0 Å². The summed E-state index contributed by atoms with van der Waals surface area (Å²) in [6.07, 6.45) is 2.10. The zero-order valence-corrected chi connectivity index (χ0v) is 14.0. The molecule has 0 spiro atoms. The van der Waals surface area contributed by atoms with Crippen LogP contribution in [-0.4, -0.2) is 31.3 Å². The standard InChI is InChI=1S/C16H25BrN2O/c1-3-18-12(2)14-4-5-16(15(17)10-14)19-8-6-13(11-19)7-9-20/h4-5,10,12-13,18,20H,3,6-9,11H2,1-2H3. The first-order valence-corrected chi connectivity index (χ1v) is 8.33. The Bertz CT molecular complexity index is 438. The van der Waals surface area contributed by atoms with E-state index in [0.29, 0.717) is 18.6 Å². The lowest BCUT2D eigenvalue weighted by Gasteiger charge is -2.22. The number of nitrogens with zero attached hydrogens (tertiary/aromatic N) is 1. The predicted molar refractivity (Wildman–Crippen MR) is 88.3 cm³/mol. The molecule has 0 saturated carbocycles. The Labute approximate surface area is 130 Å². The van der Waals surface area contributed by atoms with Gasteiger partial charge in [0.1, 0.15) is 0 Å². The molecule has 20 heavy (non-hydrogen) atoms. The minimum Gasteiger partial charge on any atom is -0.396 e. The first-order chi connectivity index (χ1) is 9.65. The molecule has 1 saturated heterocycles. The maximum Gasteiger partial charge on any atom is 0.0510 e. The van der Waals surface area contributed by atoms with Crippen molar-refractivity contribution in [1.82, 2.24) is 5.32 Å². The average Bonchev–Trinajstić information content (AvgIpc) is 2.87. The highest BCUT2D eigenvalue weighted by atomic mass is 79.9. The molecule has 2 rings (SSSR count). The molecule has 0 bridgehead atoms. The van der Waals surface area contributed by atoms with Gasteiger partial charge in [-0.1, -0.05) is 13.0 Å². The van der Waals surface area contributed by atoms with Crippen molar-refractivity contribution in [2.75, 3.05) is 31.1 Å². The lowest BCUT2D eigenvalue weighted by Crippen LogP contribution is -2.21. The minimum absolute atomic E-state index is 0.304. The molecule has 1 heterocycles. The number of aliphatic hydroxyl groups excluding tert-OH is 1. The van der Waals surface area contributed by atoms with E-state index >= 15 is 0 Å². The largest absolute Gasteiger partial charge is 0.396 e. The van der Waals surface area contributed by atoms with Crippen molar-refractivity contribution in [3.05, 3.63) is 28.2 Å². The number of hydrogen-bond donors (Lipinski definition) is 2. The van der Waals surface area contributed by atoms with E-state index in [1.54, 1.807) is 0 Å². The molecule has 4 heteroatoms. The topological polar surface area (TPSA) is 35.5 Å². The van der Waals surface area contributed by atoms with Gasteiger partial charge in [0, 0.05) is 30.2 Å². The van der Waals surface area contributed by atoms with Crippen molar-refractivity contribution in [3.63, 3.8) is 0 Å². The molecule has 3 nitrogen and oxygen atoms in total. The van der Waals surface area contributed by atoms with Crippen molar-refractivity contribution in [2.45, 2.75) is 32.7 Å². The number of aliphatic hydroxyl groups is 1. The van der Waals surface area contributed by atoms with E-state index in [4.69, 9.17) is 5.11 Å². The first-order valence-electron chi connectivity index (χ1n) is 7.54. The second-order valence-corrected chi connectivity index (χ2v) is 6.46. The summed E-state index contributed by atoms with van der Waals surface area (Å²) in [7, 11) is 0. The van der Waals surface area contributed by atoms with Crippen LogP contribution in [0.15, 0.2) is 22.7 Å². The average molecular weight is 341 g/mol. The molecular weight excluding hydrogens is 316 g/mol. The number of nitrogens with one attached hydrogen (secondary N) is 1. The minimum atomic E-state index is 0.304. The van der Waals surface area contributed by atoms with E-state index in [1.807, 2.05) is 0 Å². The van der Waals surface area contributed by atoms with Gasteiger partial charge >= 0.3 is 0 Å². The monoisotopic (exact) mass is 340 g/mol. The summed E-state index contributed by atoms with van der Waals surface area (Å²) in [5, 5.41) is 12.5. The third-order valence-corrected chi connectivity index (χ3v) is 4.78. The second-order valence-electron chi connectivity index (χ2n) is 5.60. The van der Waals surface area contributed by atoms with Gasteiger partial charge < -0.3 is 15.3 Å². The van der Waals surface area contributed by atoms with Crippen molar-refractivity contribution >= 4 is 21.6 Å². The van der Waals surface area contributed by atoms with Gasteiger partial charge in [0.15, 0.2) is 0 Å². The van der Waals surface area contributed by atoms with Crippen LogP contribution in [0.2, 0.25) is 0 Å². The molecule has 1 aromatic carbocycles. The van der Waals surface area contributed by atoms with Crippen LogP contribution in [0.1, 0.15) is 38.3 Å². The Morgan fingerprint density at radius 3 is 2.95 bits per heavy atom. The van der Waals surface area contributed by atoms with Gasteiger partial charge in [-0.2, -0.15) is 0 Å². The SMILES string of the molecule is CCNC(C)c1ccc(N2CCC(CCO)C2)c(Br)c1. The highest BCUT2D eigenvalue weighted by Gasteiger charge is 2.23. The Balaban J connectivity index is 2.06. The predicted octanol–water partition coefficient (Wildman–Crippen LogP) is 3.33. The maximum absolute atomic E-state index is 9.05. The smallest absolute Gasteiger partial charge is 0.0510 e. The fourth-order valence-electron chi connectivity index (χ4n) is 2.94. The van der Waals surface area contributed by atoms with E-state index in [0.717, 1.165) is 26.1 Å². The van der Waals surface area contributed by atoms with E-state index in [2.05, 4.69) is 58.2 Å². The van der Waals surface area contributed by atoms with Crippen molar-refractivity contribution in [2.24, 2.45) is 5.92 Å². The molecule has 2 unspecified atom stereocenters. The van der Waals surface area contributed by atoms with Crippen LogP contribution in [-0.2, 0) is 0 Å². The van der Waals surface area contributed by atoms with Gasteiger partial charge in [-0.3, -0.25) is 0 Å². The quantitative estimate of drug-likeness (QED) is 0.833. The Morgan fingerprint density at radius 2 is 2.30 bits per heavy atom. The molecule has 112 valence electrons. The molecule has 1 aromatic rings. The highest BCUT2D eigenvalue weighted by Crippen LogP contribution is 2.33. The number of anilines is 1. The highest BCUT2D eigenvalue weighted by molar-refractivity contribution is 9.10. The van der Waals surface area contributed by atoms with Crippen LogP contribution in [0.25, 0.3) is 0 Å². The zero-order chi connectivity index (χ0) is 14.5. The van der Waals surface area contributed by atoms with Gasteiger partial charge in [-0.05, 0) is 65.9 Å². The summed E-state index contributed by atoms with van der Waals surface area (Å²) >= 11 is 3.72. The number of benzene rings is 1. The first kappa shape index (κ1) is 15.8. The molecule has 0 aliphatic carbocycles. The normalized spacial score (nSPS) is 20.4. The van der Waals surface area contributed by atoms with Gasteiger partial charge in [-0.25, -0.2) is 0 Å². The van der Waals surface area contributed by atoms with Crippen LogP contribution in [0, 0.1) is 5.92 Å². The van der Waals surface area contributed by atoms with E-state index in [1.165, 1.54) is 22.1 Å². The third kappa shape index (κ3) is 3.74. The number of rotatable bonds is 6. The van der Waals surface area contributed by atoms with E-state index in [-0.39, 0.29) is 0 Å². The third-order valence-electron chi connectivity index (χ3n) is 4.15. The molecule has 2 N–H and O–H groups in total. The molecule has 2 atom stereocenters. The fraction of sp³-hybridized carbons (Fsp3) is 0.625. The molecule has 1 aliphatic heterocycles. The molecule has 1 aliphatic rings. The summed E-state index contributed by atoms with van der Waals surface area (Å²) < 4.78 is 1.17. The lowest BCUT2D eigenvalue weighted by molar-refractivity contribution is 0.263. The second kappa shape index (κ2) is 7.43. The van der Waals surface area contributed by atoms with Crippen molar-refractivity contribution in [1.29, 1.82) is 0 Å². The molecule has 0 amide bonds. The fourth-order valence-corrected chi connectivity index (χ4v) is 3.59. The van der Waals surface area contributed by atoms with Gasteiger partial charge in [-0.15, -0.1) is 0 Å². The van der Waals surface area contributed by atoms with E-state index < -0.39 is 0 Å². The van der Waals surface area contributed by atoms with E-state index in [9.17, 15) is 0 Å². The zero-order valence-electron chi connectivity index (χ0n) is 12.4.